The van der Waals surface area contributed by atoms with Gasteiger partial charge in [0.25, 0.3) is 0 Å². The minimum Gasteiger partial charge on any atom is -0.393 e. The van der Waals surface area contributed by atoms with E-state index in [1.165, 1.54) is 0 Å². The van der Waals surface area contributed by atoms with Crippen molar-refractivity contribution in [3.05, 3.63) is 28.8 Å². The Morgan fingerprint density at radius 2 is 2.05 bits per heavy atom. The molecule has 1 aromatic rings. The third-order valence-corrected chi connectivity index (χ3v) is 4.09. The van der Waals surface area contributed by atoms with Crippen LogP contribution in [0.5, 0.6) is 0 Å². The first kappa shape index (κ1) is 15.6. The molecule has 3 nitrogen and oxygen atoms in total. The third kappa shape index (κ3) is 4.37. The Bertz CT molecular complexity index is 428. The summed E-state index contributed by atoms with van der Waals surface area (Å²) in [7, 11) is 0. The monoisotopic (exact) mass is 296 g/mol. The van der Waals surface area contributed by atoms with Gasteiger partial charge in [0, 0.05) is 30.3 Å². The quantitative estimate of drug-likeness (QED) is 0.877. The van der Waals surface area contributed by atoms with Crippen LogP contribution in [0.4, 0.5) is 5.69 Å². The molecule has 1 aromatic carbocycles. The highest BCUT2D eigenvalue weighted by molar-refractivity contribution is 6.31. The molecule has 0 atom stereocenters. The molecule has 0 unspecified atom stereocenters. The molecule has 0 bridgehead atoms. The van der Waals surface area contributed by atoms with Crippen LogP contribution in [-0.2, 0) is 6.54 Å². The lowest BCUT2D eigenvalue weighted by Crippen LogP contribution is -2.35. The first-order chi connectivity index (χ1) is 9.56. The van der Waals surface area contributed by atoms with Crippen LogP contribution in [0.3, 0.4) is 0 Å². The molecule has 112 valence electrons. The SMILES string of the molecule is CC(C)CNCc1ccc(N2CCC(O)CC2)cc1Cl. The van der Waals surface area contributed by atoms with Crippen molar-refractivity contribution in [2.45, 2.75) is 39.3 Å². The molecule has 20 heavy (non-hydrogen) atoms. The lowest BCUT2D eigenvalue weighted by Gasteiger charge is -2.31. The zero-order valence-corrected chi connectivity index (χ0v) is 13.2. The van der Waals surface area contributed by atoms with Crippen LogP contribution in [0.15, 0.2) is 18.2 Å². The summed E-state index contributed by atoms with van der Waals surface area (Å²) in [6, 6.07) is 6.29. The smallest absolute Gasteiger partial charge is 0.0574 e. The predicted molar refractivity (Wildman–Crippen MR) is 85.5 cm³/mol. The second-order valence-corrected chi connectivity index (χ2v) is 6.43. The highest BCUT2D eigenvalue weighted by atomic mass is 35.5. The summed E-state index contributed by atoms with van der Waals surface area (Å²) in [5, 5.41) is 13.8. The molecule has 1 aliphatic rings. The normalized spacial score (nSPS) is 16.9. The van der Waals surface area contributed by atoms with Crippen molar-refractivity contribution < 1.29 is 5.11 Å². The predicted octanol–water partition coefficient (Wildman–Crippen LogP) is 3.05. The van der Waals surface area contributed by atoms with Gasteiger partial charge in [0.1, 0.15) is 0 Å². The number of hydrogen-bond donors (Lipinski definition) is 2. The van der Waals surface area contributed by atoms with E-state index in [1.54, 1.807) is 0 Å². The highest BCUT2D eigenvalue weighted by Gasteiger charge is 2.17. The number of hydrogen-bond acceptors (Lipinski definition) is 3. The van der Waals surface area contributed by atoms with Crippen LogP contribution >= 0.6 is 11.6 Å². The average Bonchev–Trinajstić information content (AvgIpc) is 2.41. The van der Waals surface area contributed by atoms with E-state index in [0.29, 0.717) is 5.92 Å². The van der Waals surface area contributed by atoms with E-state index in [-0.39, 0.29) is 6.10 Å². The van der Waals surface area contributed by atoms with Crippen molar-refractivity contribution in [3.8, 4) is 0 Å². The fourth-order valence-corrected chi connectivity index (χ4v) is 2.74. The Kier molecular flexibility index (Phi) is 5.70. The van der Waals surface area contributed by atoms with Crippen molar-refractivity contribution in [3.63, 3.8) is 0 Å². The molecule has 1 heterocycles. The van der Waals surface area contributed by atoms with E-state index in [4.69, 9.17) is 11.6 Å². The maximum atomic E-state index is 9.55. The largest absolute Gasteiger partial charge is 0.393 e. The maximum absolute atomic E-state index is 9.55. The summed E-state index contributed by atoms with van der Waals surface area (Å²) in [6.07, 6.45) is 1.55. The lowest BCUT2D eigenvalue weighted by molar-refractivity contribution is 0.145. The van der Waals surface area contributed by atoms with Crippen molar-refractivity contribution in [2.75, 3.05) is 24.5 Å². The molecule has 1 saturated heterocycles. The van der Waals surface area contributed by atoms with E-state index < -0.39 is 0 Å². The standard InChI is InChI=1S/C16H25ClN2O/c1-12(2)10-18-11-13-3-4-14(9-16(13)17)19-7-5-15(20)6-8-19/h3-4,9,12,15,18,20H,5-8,10-11H2,1-2H3. The van der Waals surface area contributed by atoms with E-state index in [2.05, 4.69) is 36.2 Å². The molecule has 0 aliphatic carbocycles. The van der Waals surface area contributed by atoms with Crippen LogP contribution in [0.25, 0.3) is 0 Å². The van der Waals surface area contributed by atoms with Gasteiger partial charge in [-0.3, -0.25) is 0 Å². The number of piperidine rings is 1. The zero-order valence-electron chi connectivity index (χ0n) is 12.4. The van der Waals surface area contributed by atoms with Gasteiger partial charge in [-0.05, 0) is 43.0 Å². The molecule has 0 saturated carbocycles. The Hall–Kier alpha value is -0.770. The van der Waals surface area contributed by atoms with Gasteiger partial charge in [-0.15, -0.1) is 0 Å². The first-order valence-corrected chi connectivity index (χ1v) is 7.86. The Morgan fingerprint density at radius 3 is 2.65 bits per heavy atom. The molecular formula is C16H25ClN2O. The number of aliphatic hydroxyl groups is 1. The maximum Gasteiger partial charge on any atom is 0.0574 e. The second-order valence-electron chi connectivity index (χ2n) is 6.02. The molecule has 0 spiro atoms. The van der Waals surface area contributed by atoms with Crippen LogP contribution in [0.2, 0.25) is 5.02 Å². The van der Waals surface area contributed by atoms with Crippen LogP contribution < -0.4 is 10.2 Å². The molecular weight excluding hydrogens is 272 g/mol. The zero-order chi connectivity index (χ0) is 14.5. The van der Waals surface area contributed by atoms with Gasteiger partial charge in [-0.2, -0.15) is 0 Å². The third-order valence-electron chi connectivity index (χ3n) is 3.73. The summed E-state index contributed by atoms with van der Waals surface area (Å²) >= 11 is 6.38. The number of anilines is 1. The molecule has 0 radical (unpaired) electrons. The number of benzene rings is 1. The summed E-state index contributed by atoms with van der Waals surface area (Å²) in [5.74, 6) is 0.646. The summed E-state index contributed by atoms with van der Waals surface area (Å²) < 4.78 is 0. The van der Waals surface area contributed by atoms with Gasteiger partial charge >= 0.3 is 0 Å². The molecule has 0 aromatic heterocycles. The Morgan fingerprint density at radius 1 is 1.35 bits per heavy atom. The summed E-state index contributed by atoms with van der Waals surface area (Å²) in [6.45, 7) is 8.02. The van der Waals surface area contributed by atoms with Crippen molar-refractivity contribution in [1.29, 1.82) is 0 Å². The van der Waals surface area contributed by atoms with Crippen molar-refractivity contribution >= 4 is 17.3 Å². The van der Waals surface area contributed by atoms with Crippen LogP contribution in [0, 0.1) is 5.92 Å². The molecule has 1 aliphatic heterocycles. The fraction of sp³-hybridized carbons (Fsp3) is 0.625. The van der Waals surface area contributed by atoms with Gasteiger partial charge < -0.3 is 15.3 Å². The fourth-order valence-electron chi connectivity index (χ4n) is 2.50. The second kappa shape index (κ2) is 7.30. The Balaban J connectivity index is 1.95. The number of rotatable bonds is 5. The van der Waals surface area contributed by atoms with Crippen LogP contribution in [-0.4, -0.2) is 30.8 Å². The van der Waals surface area contributed by atoms with Gasteiger partial charge in [-0.1, -0.05) is 31.5 Å². The molecule has 2 N–H and O–H groups in total. The minimum atomic E-state index is -0.138. The average molecular weight is 297 g/mol. The van der Waals surface area contributed by atoms with Gasteiger partial charge in [0.15, 0.2) is 0 Å². The van der Waals surface area contributed by atoms with E-state index in [1.807, 2.05) is 6.07 Å². The first-order valence-electron chi connectivity index (χ1n) is 7.48. The van der Waals surface area contributed by atoms with Crippen molar-refractivity contribution in [1.82, 2.24) is 5.32 Å². The lowest BCUT2D eigenvalue weighted by atomic mass is 10.1. The molecule has 4 heteroatoms. The number of nitrogens with zero attached hydrogens (tertiary/aromatic N) is 1. The van der Waals surface area contributed by atoms with Crippen LogP contribution in [0.1, 0.15) is 32.3 Å². The number of halogens is 1. The topological polar surface area (TPSA) is 35.5 Å². The van der Waals surface area contributed by atoms with E-state index >= 15 is 0 Å². The molecule has 0 amide bonds. The Labute approximate surface area is 126 Å². The van der Waals surface area contributed by atoms with E-state index in [9.17, 15) is 5.11 Å². The number of aliphatic hydroxyl groups excluding tert-OH is 1. The summed E-state index contributed by atoms with van der Waals surface area (Å²) in [5.41, 5.74) is 2.31. The van der Waals surface area contributed by atoms with Gasteiger partial charge in [0.05, 0.1) is 6.10 Å². The summed E-state index contributed by atoms with van der Waals surface area (Å²) in [4.78, 5) is 2.30. The van der Waals surface area contributed by atoms with Gasteiger partial charge in [-0.25, -0.2) is 0 Å². The molecule has 1 fully saturated rings. The number of nitrogens with one attached hydrogen (secondary N) is 1. The van der Waals surface area contributed by atoms with Crippen molar-refractivity contribution in [2.24, 2.45) is 5.92 Å². The van der Waals surface area contributed by atoms with Gasteiger partial charge in [0.2, 0.25) is 0 Å². The minimum absolute atomic E-state index is 0.138. The van der Waals surface area contributed by atoms with E-state index in [0.717, 1.165) is 55.3 Å². The highest BCUT2D eigenvalue weighted by Crippen LogP contribution is 2.26. The molecule has 2 rings (SSSR count).